The van der Waals surface area contributed by atoms with Gasteiger partial charge in [-0.15, -0.1) is 0 Å². The number of nitrogens with zero attached hydrogens (tertiary/aromatic N) is 1. The lowest BCUT2D eigenvalue weighted by atomic mass is 10.3. The van der Waals surface area contributed by atoms with E-state index in [4.69, 9.17) is 4.74 Å². The minimum absolute atomic E-state index is 0.232. The molecule has 2 aromatic carbocycles. The van der Waals surface area contributed by atoms with Crippen LogP contribution in [0.15, 0.2) is 66.6 Å². The number of hydrogen-bond donors (Lipinski definition) is 1. The summed E-state index contributed by atoms with van der Waals surface area (Å²) in [6, 6.07) is 16.8. The van der Waals surface area contributed by atoms with E-state index in [0.717, 1.165) is 9.26 Å². The van der Waals surface area contributed by atoms with E-state index in [9.17, 15) is 4.79 Å². The molecule has 2 rings (SSSR count). The maximum absolute atomic E-state index is 12.5. The summed E-state index contributed by atoms with van der Waals surface area (Å²) in [5, 5.41) is 2.87. The molecule has 4 nitrogen and oxygen atoms in total. The van der Waals surface area contributed by atoms with Gasteiger partial charge in [-0.3, -0.25) is 4.79 Å². The molecule has 0 spiro atoms. The smallest absolute Gasteiger partial charge is 0.292 e. The Kier molecular flexibility index (Phi) is 5.83. The van der Waals surface area contributed by atoms with Crippen LogP contribution in [-0.2, 0) is 4.79 Å². The number of ether oxygens (including phenoxy) is 1. The molecule has 0 heterocycles. The first-order valence-electron chi connectivity index (χ1n) is 6.73. The van der Waals surface area contributed by atoms with Crippen molar-refractivity contribution in [2.75, 3.05) is 19.4 Å². The van der Waals surface area contributed by atoms with Gasteiger partial charge in [-0.1, -0.05) is 30.3 Å². The van der Waals surface area contributed by atoms with Crippen molar-refractivity contribution in [1.29, 1.82) is 0 Å². The molecule has 2 aromatic rings. The fraction of sp³-hybridized carbons (Fsp3) is 0.118. The normalized spacial score (nSPS) is 11.0. The summed E-state index contributed by atoms with van der Waals surface area (Å²) in [5.41, 5.74) is 0.759. The van der Waals surface area contributed by atoms with Gasteiger partial charge in [-0.2, -0.15) is 0 Å². The minimum atomic E-state index is -0.290. The molecular weight excluding hydrogens is 391 g/mol. The zero-order valence-electron chi connectivity index (χ0n) is 12.4. The van der Waals surface area contributed by atoms with Gasteiger partial charge in [0.05, 0.1) is 5.69 Å². The molecule has 0 unspecified atom stereocenters. The highest BCUT2D eigenvalue weighted by Gasteiger charge is 2.14. The van der Waals surface area contributed by atoms with E-state index in [1.54, 1.807) is 11.1 Å². The summed E-state index contributed by atoms with van der Waals surface area (Å²) in [6.07, 6.45) is 1.65. The Hall–Kier alpha value is -2.02. The fourth-order valence-corrected chi connectivity index (χ4v) is 2.25. The molecule has 0 bridgehead atoms. The van der Waals surface area contributed by atoms with Crippen LogP contribution in [0.1, 0.15) is 0 Å². The van der Waals surface area contributed by atoms with Crippen LogP contribution in [0.3, 0.4) is 0 Å². The van der Waals surface area contributed by atoms with E-state index in [0.29, 0.717) is 5.75 Å². The van der Waals surface area contributed by atoms with Gasteiger partial charge in [-0.25, -0.2) is 0 Å². The molecule has 1 N–H and O–H groups in total. The summed E-state index contributed by atoms with van der Waals surface area (Å²) in [5.74, 6) is 0.561. The van der Waals surface area contributed by atoms with Gasteiger partial charge in [0, 0.05) is 23.9 Å². The van der Waals surface area contributed by atoms with Gasteiger partial charge in [-0.05, 0) is 46.9 Å². The lowest BCUT2D eigenvalue weighted by molar-refractivity contribution is -0.114. The van der Waals surface area contributed by atoms with Crippen molar-refractivity contribution in [1.82, 2.24) is 4.90 Å². The third-order valence-corrected chi connectivity index (χ3v) is 3.63. The predicted octanol–water partition coefficient (Wildman–Crippen LogP) is 3.71. The molecule has 0 aliphatic carbocycles. The van der Waals surface area contributed by atoms with Crippen LogP contribution < -0.4 is 10.1 Å². The Bertz CT molecular complexity index is 669. The summed E-state index contributed by atoms with van der Waals surface area (Å²) in [6.45, 7) is 0. The average Bonchev–Trinajstić information content (AvgIpc) is 2.49. The summed E-state index contributed by atoms with van der Waals surface area (Å²) in [4.78, 5) is 14.2. The van der Waals surface area contributed by atoms with Crippen molar-refractivity contribution in [3.05, 3.63) is 70.1 Å². The summed E-state index contributed by atoms with van der Waals surface area (Å²) < 4.78 is 6.67. The number of para-hydroxylation sites is 2. The molecule has 0 aromatic heterocycles. The minimum Gasteiger partial charge on any atom is -0.450 e. The maximum Gasteiger partial charge on any atom is 0.292 e. The monoisotopic (exact) mass is 408 g/mol. The van der Waals surface area contributed by atoms with Gasteiger partial charge in [0.1, 0.15) is 5.75 Å². The van der Waals surface area contributed by atoms with Gasteiger partial charge in [0.2, 0.25) is 5.76 Å². The number of nitrogens with one attached hydrogen (secondary N) is 1. The van der Waals surface area contributed by atoms with Crippen LogP contribution in [0.2, 0.25) is 0 Å². The molecule has 22 heavy (non-hydrogen) atoms. The number of benzene rings is 2. The highest BCUT2D eigenvalue weighted by molar-refractivity contribution is 14.1. The van der Waals surface area contributed by atoms with Gasteiger partial charge >= 0.3 is 0 Å². The average molecular weight is 408 g/mol. The Morgan fingerprint density at radius 2 is 1.73 bits per heavy atom. The standard InChI is InChI=1S/C17H17IN2O2/c1-20(2)12-16(22-13-8-4-3-5-9-13)17(21)19-15-11-7-6-10-14(15)18/h3-12H,1-2H3,(H,19,21)/b16-12-. The van der Waals surface area contributed by atoms with Crippen LogP contribution in [0.25, 0.3) is 0 Å². The second kappa shape index (κ2) is 7.84. The molecule has 1 amide bonds. The molecular formula is C17H17IN2O2. The maximum atomic E-state index is 12.5. The highest BCUT2D eigenvalue weighted by atomic mass is 127. The van der Waals surface area contributed by atoms with E-state index < -0.39 is 0 Å². The van der Waals surface area contributed by atoms with Crippen LogP contribution in [0, 0.1) is 3.57 Å². The molecule has 0 saturated carbocycles. The number of halogens is 1. The lowest BCUT2D eigenvalue weighted by Crippen LogP contribution is -2.21. The first-order chi connectivity index (χ1) is 10.6. The fourth-order valence-electron chi connectivity index (χ4n) is 1.73. The number of carbonyl (C=O) groups excluding carboxylic acids is 1. The van der Waals surface area contributed by atoms with E-state index in [1.807, 2.05) is 68.7 Å². The first-order valence-corrected chi connectivity index (χ1v) is 7.81. The van der Waals surface area contributed by atoms with E-state index in [1.165, 1.54) is 0 Å². The number of hydrogen-bond acceptors (Lipinski definition) is 3. The third-order valence-electron chi connectivity index (χ3n) is 2.69. The third kappa shape index (κ3) is 4.77. The topological polar surface area (TPSA) is 41.6 Å². The van der Waals surface area contributed by atoms with Crippen LogP contribution >= 0.6 is 22.6 Å². The highest BCUT2D eigenvalue weighted by Crippen LogP contribution is 2.19. The summed E-state index contributed by atoms with van der Waals surface area (Å²) >= 11 is 2.18. The Morgan fingerprint density at radius 3 is 2.36 bits per heavy atom. The van der Waals surface area contributed by atoms with E-state index in [2.05, 4.69) is 27.9 Å². The number of anilines is 1. The number of amides is 1. The predicted molar refractivity (Wildman–Crippen MR) is 96.6 cm³/mol. The van der Waals surface area contributed by atoms with Crippen LogP contribution in [0.5, 0.6) is 5.75 Å². The molecule has 0 atom stereocenters. The Balaban J connectivity index is 2.19. The van der Waals surface area contributed by atoms with Crippen molar-refractivity contribution >= 4 is 34.2 Å². The second-order valence-corrected chi connectivity index (χ2v) is 5.97. The van der Waals surface area contributed by atoms with Gasteiger partial charge in [0.25, 0.3) is 5.91 Å². The molecule has 0 radical (unpaired) electrons. The molecule has 0 aliphatic heterocycles. The van der Waals surface area contributed by atoms with Crippen molar-refractivity contribution in [2.45, 2.75) is 0 Å². The molecule has 114 valence electrons. The lowest BCUT2D eigenvalue weighted by Gasteiger charge is -2.14. The van der Waals surface area contributed by atoms with Gasteiger partial charge < -0.3 is 15.0 Å². The van der Waals surface area contributed by atoms with Crippen LogP contribution in [0.4, 0.5) is 5.69 Å². The first kappa shape index (κ1) is 16.4. The summed E-state index contributed by atoms with van der Waals surface area (Å²) in [7, 11) is 3.68. The SMILES string of the molecule is CN(C)/C=C(\Oc1ccccc1)C(=O)Nc1ccccc1I. The van der Waals surface area contributed by atoms with E-state index in [-0.39, 0.29) is 11.7 Å². The van der Waals surface area contributed by atoms with Crippen molar-refractivity contribution in [3.63, 3.8) is 0 Å². The zero-order chi connectivity index (χ0) is 15.9. The zero-order valence-corrected chi connectivity index (χ0v) is 14.6. The molecule has 0 fully saturated rings. The van der Waals surface area contributed by atoms with Crippen LogP contribution in [-0.4, -0.2) is 24.9 Å². The van der Waals surface area contributed by atoms with E-state index >= 15 is 0 Å². The van der Waals surface area contributed by atoms with Crippen molar-refractivity contribution in [3.8, 4) is 5.75 Å². The quantitative estimate of drug-likeness (QED) is 0.466. The van der Waals surface area contributed by atoms with Crippen molar-refractivity contribution in [2.24, 2.45) is 0 Å². The van der Waals surface area contributed by atoms with Crippen molar-refractivity contribution < 1.29 is 9.53 Å². The number of rotatable bonds is 5. The number of carbonyl (C=O) groups is 1. The Labute approximate surface area is 143 Å². The largest absolute Gasteiger partial charge is 0.450 e. The van der Waals surface area contributed by atoms with Gasteiger partial charge in [0.15, 0.2) is 0 Å². The second-order valence-electron chi connectivity index (χ2n) is 4.81. The molecule has 0 aliphatic rings. The Morgan fingerprint density at radius 1 is 1.09 bits per heavy atom. The molecule has 0 saturated heterocycles. The molecule has 5 heteroatoms.